The molecule has 0 saturated heterocycles. The average molecular weight is 402 g/mol. The number of rotatable bonds is 7. The van der Waals surface area contributed by atoms with Gasteiger partial charge in [0.25, 0.3) is 0 Å². The van der Waals surface area contributed by atoms with Crippen LogP contribution in [0.15, 0.2) is 48.8 Å². The summed E-state index contributed by atoms with van der Waals surface area (Å²) in [5.74, 6) is 0.595. The van der Waals surface area contributed by atoms with Crippen molar-refractivity contribution in [3.05, 3.63) is 59.6 Å². The average Bonchev–Trinajstić information content (AvgIpc) is 2.68. The maximum Gasteiger partial charge on any atom is 0.225 e. The van der Waals surface area contributed by atoms with Gasteiger partial charge in [-0.25, -0.2) is 9.37 Å². The Balaban J connectivity index is 1.99. The molecule has 3 rings (SSSR count). The van der Waals surface area contributed by atoms with Gasteiger partial charge in [0.2, 0.25) is 5.95 Å². The molecule has 0 unspecified atom stereocenters. The smallest absolute Gasteiger partial charge is 0.225 e. The fourth-order valence-corrected chi connectivity index (χ4v) is 2.77. The maximum atomic E-state index is 13.3. The van der Waals surface area contributed by atoms with Crippen LogP contribution in [-0.2, 0) is 0 Å². The molecule has 28 heavy (non-hydrogen) atoms. The van der Waals surface area contributed by atoms with Gasteiger partial charge in [0.1, 0.15) is 11.6 Å². The van der Waals surface area contributed by atoms with Gasteiger partial charge in [0, 0.05) is 24.0 Å². The highest BCUT2D eigenvalue weighted by atomic mass is 35.5. The van der Waals surface area contributed by atoms with Crippen LogP contribution in [0.1, 0.15) is 13.8 Å². The number of hydrogen-bond donors (Lipinski definition) is 3. The normalized spacial score (nSPS) is 12.1. The Hall–Kier alpha value is -2.77. The molecule has 146 valence electrons. The van der Waals surface area contributed by atoms with Crippen molar-refractivity contribution in [3.8, 4) is 11.3 Å². The minimum atomic E-state index is -0.417. The summed E-state index contributed by atoms with van der Waals surface area (Å²) in [5, 5.41) is 16.1. The number of aromatic nitrogens is 3. The van der Waals surface area contributed by atoms with Crippen molar-refractivity contribution in [2.24, 2.45) is 5.92 Å². The van der Waals surface area contributed by atoms with E-state index in [9.17, 15) is 9.50 Å². The van der Waals surface area contributed by atoms with Gasteiger partial charge in [-0.15, -0.1) is 0 Å². The van der Waals surface area contributed by atoms with E-state index in [1.54, 1.807) is 24.5 Å². The van der Waals surface area contributed by atoms with Crippen molar-refractivity contribution >= 4 is 29.1 Å². The zero-order valence-electron chi connectivity index (χ0n) is 15.5. The van der Waals surface area contributed by atoms with E-state index in [0.29, 0.717) is 23.1 Å². The van der Waals surface area contributed by atoms with Gasteiger partial charge in [0.15, 0.2) is 0 Å². The first-order valence-corrected chi connectivity index (χ1v) is 9.23. The van der Waals surface area contributed by atoms with Gasteiger partial charge >= 0.3 is 0 Å². The molecule has 6 nitrogen and oxygen atoms in total. The first-order valence-electron chi connectivity index (χ1n) is 8.85. The van der Waals surface area contributed by atoms with Gasteiger partial charge in [-0.3, -0.25) is 4.98 Å². The number of nitrogens with zero attached hydrogens (tertiary/aromatic N) is 3. The van der Waals surface area contributed by atoms with Crippen molar-refractivity contribution in [1.82, 2.24) is 15.0 Å². The first kappa shape index (κ1) is 20.0. The van der Waals surface area contributed by atoms with Gasteiger partial charge in [0.05, 0.1) is 29.1 Å². The molecule has 0 bridgehead atoms. The van der Waals surface area contributed by atoms with E-state index in [4.69, 9.17) is 11.6 Å². The summed E-state index contributed by atoms with van der Waals surface area (Å²) in [6.45, 7) is 3.94. The van der Waals surface area contributed by atoms with Crippen LogP contribution in [-0.4, -0.2) is 32.7 Å². The monoisotopic (exact) mass is 401 g/mol. The Morgan fingerprint density at radius 3 is 2.64 bits per heavy atom. The summed E-state index contributed by atoms with van der Waals surface area (Å²) in [6.07, 6.45) is 3.38. The highest BCUT2D eigenvalue weighted by Crippen LogP contribution is 2.28. The van der Waals surface area contributed by atoms with Crippen LogP contribution in [0.5, 0.6) is 0 Å². The Morgan fingerprint density at radius 2 is 2.00 bits per heavy atom. The molecule has 3 aromatic rings. The van der Waals surface area contributed by atoms with E-state index >= 15 is 0 Å². The van der Waals surface area contributed by atoms with Crippen LogP contribution >= 0.6 is 11.6 Å². The van der Waals surface area contributed by atoms with E-state index in [1.165, 1.54) is 12.1 Å². The van der Waals surface area contributed by atoms with Crippen molar-refractivity contribution in [2.75, 3.05) is 17.2 Å². The SMILES string of the molecule is CC(C)[C@@H](CO)Nc1nc(Nc2ccc(F)cc2Cl)cc(-c2cccnc2)n1. The van der Waals surface area contributed by atoms with Gasteiger partial charge in [-0.05, 0) is 36.2 Å². The summed E-state index contributed by atoms with van der Waals surface area (Å²) >= 11 is 6.12. The fraction of sp³-hybridized carbons (Fsp3) is 0.250. The summed E-state index contributed by atoms with van der Waals surface area (Å²) in [4.78, 5) is 13.1. The molecular weight excluding hydrogens is 381 g/mol. The van der Waals surface area contributed by atoms with E-state index in [1.807, 2.05) is 26.0 Å². The number of hydrogen-bond acceptors (Lipinski definition) is 6. The minimum absolute atomic E-state index is 0.0509. The molecule has 1 atom stereocenters. The van der Waals surface area contributed by atoms with Crippen LogP contribution in [0.2, 0.25) is 5.02 Å². The lowest BCUT2D eigenvalue weighted by molar-refractivity contribution is 0.248. The molecule has 0 amide bonds. The molecule has 0 fully saturated rings. The number of aliphatic hydroxyl groups excluding tert-OH is 1. The molecule has 0 spiro atoms. The second-order valence-electron chi connectivity index (χ2n) is 6.63. The third-order valence-corrected chi connectivity index (χ3v) is 4.51. The number of nitrogens with one attached hydrogen (secondary N) is 2. The number of anilines is 3. The van der Waals surface area contributed by atoms with E-state index in [-0.39, 0.29) is 23.6 Å². The van der Waals surface area contributed by atoms with Gasteiger partial charge < -0.3 is 15.7 Å². The number of aliphatic hydroxyl groups is 1. The molecular formula is C20H21ClFN5O. The second kappa shape index (κ2) is 8.95. The van der Waals surface area contributed by atoms with Crippen LogP contribution in [0.25, 0.3) is 11.3 Å². The Kier molecular flexibility index (Phi) is 6.38. The van der Waals surface area contributed by atoms with Crippen LogP contribution < -0.4 is 10.6 Å². The number of pyridine rings is 1. The van der Waals surface area contributed by atoms with Crippen molar-refractivity contribution < 1.29 is 9.50 Å². The molecule has 3 N–H and O–H groups in total. The lowest BCUT2D eigenvalue weighted by Crippen LogP contribution is -2.30. The summed E-state index contributed by atoms with van der Waals surface area (Å²) in [6, 6.07) is 9.35. The quantitative estimate of drug-likeness (QED) is 0.540. The van der Waals surface area contributed by atoms with Crippen molar-refractivity contribution in [2.45, 2.75) is 19.9 Å². The predicted molar refractivity (Wildman–Crippen MR) is 109 cm³/mol. The Morgan fingerprint density at radius 1 is 1.18 bits per heavy atom. The third-order valence-electron chi connectivity index (χ3n) is 4.19. The predicted octanol–water partition coefficient (Wildman–Crippen LogP) is 4.50. The molecule has 2 heterocycles. The molecule has 1 aromatic carbocycles. The third kappa shape index (κ3) is 4.94. The van der Waals surface area contributed by atoms with E-state index in [2.05, 4.69) is 25.6 Å². The Labute approximate surface area is 167 Å². The van der Waals surface area contributed by atoms with Crippen LogP contribution in [0.3, 0.4) is 0 Å². The molecule has 0 aliphatic carbocycles. The topological polar surface area (TPSA) is 83.0 Å². The maximum absolute atomic E-state index is 13.3. The number of benzene rings is 1. The van der Waals surface area contributed by atoms with Gasteiger partial charge in [-0.1, -0.05) is 25.4 Å². The molecule has 8 heteroatoms. The van der Waals surface area contributed by atoms with Crippen LogP contribution in [0.4, 0.5) is 21.8 Å². The molecule has 2 aromatic heterocycles. The van der Waals surface area contributed by atoms with Crippen molar-refractivity contribution in [3.63, 3.8) is 0 Å². The zero-order valence-corrected chi connectivity index (χ0v) is 16.3. The largest absolute Gasteiger partial charge is 0.394 e. The van der Waals surface area contributed by atoms with Gasteiger partial charge in [-0.2, -0.15) is 4.98 Å². The summed E-state index contributed by atoms with van der Waals surface area (Å²) in [5.41, 5.74) is 1.98. The minimum Gasteiger partial charge on any atom is -0.394 e. The zero-order chi connectivity index (χ0) is 20.1. The summed E-state index contributed by atoms with van der Waals surface area (Å²) in [7, 11) is 0. The molecule has 0 radical (unpaired) electrons. The lowest BCUT2D eigenvalue weighted by Gasteiger charge is -2.20. The highest BCUT2D eigenvalue weighted by molar-refractivity contribution is 6.33. The second-order valence-corrected chi connectivity index (χ2v) is 7.04. The summed E-state index contributed by atoms with van der Waals surface area (Å²) < 4.78 is 13.3. The number of halogens is 2. The van der Waals surface area contributed by atoms with Crippen LogP contribution in [0, 0.1) is 11.7 Å². The molecule has 0 saturated carbocycles. The first-order chi connectivity index (χ1) is 13.5. The fourth-order valence-electron chi connectivity index (χ4n) is 2.56. The molecule has 0 aliphatic heterocycles. The van der Waals surface area contributed by atoms with E-state index < -0.39 is 5.82 Å². The lowest BCUT2D eigenvalue weighted by atomic mass is 10.1. The van der Waals surface area contributed by atoms with Crippen molar-refractivity contribution in [1.29, 1.82) is 0 Å². The molecule has 0 aliphatic rings. The standard InChI is InChI=1S/C20H21ClFN5O/c1-12(2)18(11-28)26-20-25-17(13-4-3-7-23-10-13)9-19(27-20)24-16-6-5-14(22)8-15(16)21/h3-10,12,18,28H,11H2,1-2H3,(H2,24,25,26,27)/t18-/m1/s1. The Bertz CT molecular complexity index is 939. The van der Waals surface area contributed by atoms with E-state index in [0.717, 1.165) is 5.56 Å². The highest BCUT2D eigenvalue weighted by Gasteiger charge is 2.15.